The fraction of sp³-hybridized carbons (Fsp3) is 0.160. The van der Waals surface area contributed by atoms with Gasteiger partial charge in [-0.25, -0.2) is 0 Å². The third kappa shape index (κ3) is 5.71. The van der Waals surface area contributed by atoms with Gasteiger partial charge in [0.15, 0.2) is 11.5 Å². The van der Waals surface area contributed by atoms with Crippen molar-refractivity contribution in [2.24, 2.45) is 0 Å². The second kappa shape index (κ2) is 10.1. The number of benzene rings is 3. The lowest BCUT2D eigenvalue weighted by Gasteiger charge is -2.13. The minimum Gasteiger partial charge on any atom is -0.490 e. The Hall–Kier alpha value is -4.11. The maximum absolute atomic E-state index is 11.0. The first kappa shape index (κ1) is 21.6. The molecule has 0 fully saturated rings. The molecular formula is C25H22N2O4. The Labute approximate surface area is 181 Å². The quantitative estimate of drug-likeness (QED) is 0.197. The number of allylic oxidation sites excluding steroid dienone is 1. The minimum absolute atomic E-state index is 0.0616. The Kier molecular flexibility index (Phi) is 7.02. The summed E-state index contributed by atoms with van der Waals surface area (Å²) in [4.78, 5) is 10.5. The number of non-ortho nitro benzene ring substituents is 1. The molecule has 0 aromatic heterocycles. The zero-order valence-corrected chi connectivity index (χ0v) is 17.4. The van der Waals surface area contributed by atoms with Gasteiger partial charge < -0.3 is 9.47 Å². The molecule has 0 aliphatic carbocycles. The van der Waals surface area contributed by atoms with Crippen LogP contribution in [-0.2, 0) is 6.61 Å². The first-order chi connectivity index (χ1) is 15.0. The lowest BCUT2D eigenvalue weighted by atomic mass is 10.0. The molecule has 156 valence electrons. The molecule has 6 nitrogen and oxygen atoms in total. The fourth-order valence-corrected chi connectivity index (χ4v) is 2.98. The molecule has 3 aromatic rings. The Morgan fingerprint density at radius 2 is 1.84 bits per heavy atom. The van der Waals surface area contributed by atoms with Gasteiger partial charge >= 0.3 is 0 Å². The van der Waals surface area contributed by atoms with E-state index < -0.39 is 4.92 Å². The smallest absolute Gasteiger partial charge is 0.270 e. The molecule has 0 saturated heterocycles. The Morgan fingerprint density at radius 3 is 2.52 bits per heavy atom. The van der Waals surface area contributed by atoms with Gasteiger partial charge in [0, 0.05) is 12.1 Å². The summed E-state index contributed by atoms with van der Waals surface area (Å²) < 4.78 is 11.7. The van der Waals surface area contributed by atoms with Crippen molar-refractivity contribution in [1.29, 1.82) is 5.26 Å². The minimum atomic E-state index is -0.480. The van der Waals surface area contributed by atoms with E-state index in [4.69, 9.17) is 9.47 Å². The van der Waals surface area contributed by atoms with Crippen LogP contribution in [0, 0.1) is 28.4 Å². The van der Waals surface area contributed by atoms with Gasteiger partial charge in [-0.15, -0.1) is 0 Å². The van der Waals surface area contributed by atoms with E-state index >= 15 is 0 Å². The van der Waals surface area contributed by atoms with Crippen LogP contribution in [0.5, 0.6) is 11.5 Å². The van der Waals surface area contributed by atoms with Crippen molar-refractivity contribution >= 4 is 17.3 Å². The Bertz CT molecular complexity index is 1140. The van der Waals surface area contributed by atoms with E-state index in [0.717, 1.165) is 11.1 Å². The monoisotopic (exact) mass is 414 g/mol. The van der Waals surface area contributed by atoms with Gasteiger partial charge in [0.1, 0.15) is 6.61 Å². The van der Waals surface area contributed by atoms with Gasteiger partial charge in [0.25, 0.3) is 5.69 Å². The van der Waals surface area contributed by atoms with Crippen molar-refractivity contribution in [3.63, 3.8) is 0 Å². The summed E-state index contributed by atoms with van der Waals surface area (Å²) in [6.45, 7) is 4.79. The SMILES string of the molecule is CCOc1cc(C=C(C#N)c2cccc([N+](=O)[O-])c2)ccc1OCc1ccc(C)cc1. The van der Waals surface area contributed by atoms with Gasteiger partial charge in [0.05, 0.1) is 23.2 Å². The first-order valence-corrected chi connectivity index (χ1v) is 9.82. The molecule has 0 amide bonds. The summed E-state index contributed by atoms with van der Waals surface area (Å²) in [6, 6.07) is 21.7. The molecule has 0 saturated carbocycles. The van der Waals surface area contributed by atoms with E-state index in [0.29, 0.717) is 35.8 Å². The Morgan fingerprint density at radius 1 is 1.06 bits per heavy atom. The summed E-state index contributed by atoms with van der Waals surface area (Å²) in [7, 11) is 0. The third-order valence-electron chi connectivity index (χ3n) is 4.58. The molecule has 6 heteroatoms. The highest BCUT2D eigenvalue weighted by Crippen LogP contribution is 2.31. The summed E-state index contributed by atoms with van der Waals surface area (Å²) in [5.74, 6) is 1.17. The number of ether oxygens (including phenoxy) is 2. The summed E-state index contributed by atoms with van der Waals surface area (Å²) in [5, 5.41) is 20.6. The van der Waals surface area contributed by atoms with Gasteiger partial charge in [-0.2, -0.15) is 5.26 Å². The molecule has 3 aromatic carbocycles. The number of rotatable bonds is 8. The first-order valence-electron chi connectivity index (χ1n) is 9.82. The molecule has 0 bridgehead atoms. The highest BCUT2D eigenvalue weighted by atomic mass is 16.6. The van der Waals surface area contributed by atoms with E-state index in [-0.39, 0.29) is 5.69 Å². The maximum Gasteiger partial charge on any atom is 0.270 e. The van der Waals surface area contributed by atoms with E-state index in [2.05, 4.69) is 6.07 Å². The van der Waals surface area contributed by atoms with Gasteiger partial charge in [-0.3, -0.25) is 10.1 Å². The van der Waals surface area contributed by atoms with Crippen molar-refractivity contribution < 1.29 is 14.4 Å². The molecule has 0 N–H and O–H groups in total. The number of nitro benzene ring substituents is 1. The zero-order chi connectivity index (χ0) is 22.2. The molecule has 0 atom stereocenters. The molecular weight excluding hydrogens is 392 g/mol. The largest absolute Gasteiger partial charge is 0.490 e. The average molecular weight is 414 g/mol. The van der Waals surface area contributed by atoms with Gasteiger partial charge in [-0.05, 0) is 48.7 Å². The lowest BCUT2D eigenvalue weighted by molar-refractivity contribution is -0.384. The lowest BCUT2D eigenvalue weighted by Crippen LogP contribution is -2.00. The van der Waals surface area contributed by atoms with Crippen molar-refractivity contribution in [2.75, 3.05) is 6.61 Å². The van der Waals surface area contributed by atoms with Crippen LogP contribution < -0.4 is 9.47 Å². The van der Waals surface area contributed by atoms with Crippen LogP contribution in [0.25, 0.3) is 11.6 Å². The molecule has 0 aliphatic heterocycles. The Balaban J connectivity index is 1.86. The predicted octanol–water partition coefficient (Wildman–Crippen LogP) is 5.95. The molecule has 31 heavy (non-hydrogen) atoms. The number of nitro groups is 1. The molecule has 0 heterocycles. The van der Waals surface area contributed by atoms with E-state index in [9.17, 15) is 15.4 Å². The number of nitrogens with zero attached hydrogens (tertiary/aromatic N) is 2. The molecule has 0 spiro atoms. The number of hydrogen-bond acceptors (Lipinski definition) is 5. The van der Waals surface area contributed by atoms with Crippen molar-refractivity contribution in [3.8, 4) is 17.6 Å². The van der Waals surface area contributed by atoms with Crippen LogP contribution in [-0.4, -0.2) is 11.5 Å². The molecule has 0 unspecified atom stereocenters. The van der Waals surface area contributed by atoms with Crippen LogP contribution in [0.1, 0.15) is 29.2 Å². The normalized spacial score (nSPS) is 10.9. The van der Waals surface area contributed by atoms with E-state index in [1.165, 1.54) is 17.7 Å². The van der Waals surface area contributed by atoms with E-state index in [1.807, 2.05) is 44.2 Å². The molecule has 0 aliphatic rings. The number of nitriles is 1. The summed E-state index contributed by atoms with van der Waals surface area (Å²) in [5.41, 5.74) is 3.71. The topological polar surface area (TPSA) is 85.4 Å². The van der Waals surface area contributed by atoms with Gasteiger partial charge in [0.2, 0.25) is 0 Å². The summed E-state index contributed by atoms with van der Waals surface area (Å²) in [6.07, 6.45) is 1.67. The maximum atomic E-state index is 11.0. The highest BCUT2D eigenvalue weighted by Gasteiger charge is 2.11. The van der Waals surface area contributed by atoms with Crippen LogP contribution in [0.3, 0.4) is 0 Å². The van der Waals surface area contributed by atoms with Crippen LogP contribution in [0.2, 0.25) is 0 Å². The molecule has 0 radical (unpaired) electrons. The number of hydrogen-bond donors (Lipinski definition) is 0. The fourth-order valence-electron chi connectivity index (χ4n) is 2.98. The zero-order valence-electron chi connectivity index (χ0n) is 17.4. The van der Waals surface area contributed by atoms with Crippen LogP contribution in [0.4, 0.5) is 5.69 Å². The van der Waals surface area contributed by atoms with Crippen molar-refractivity contribution in [1.82, 2.24) is 0 Å². The van der Waals surface area contributed by atoms with Crippen molar-refractivity contribution in [3.05, 3.63) is 99.1 Å². The van der Waals surface area contributed by atoms with Crippen LogP contribution >= 0.6 is 0 Å². The predicted molar refractivity (Wildman–Crippen MR) is 120 cm³/mol. The highest BCUT2D eigenvalue weighted by molar-refractivity contribution is 5.90. The second-order valence-corrected chi connectivity index (χ2v) is 6.89. The third-order valence-corrected chi connectivity index (χ3v) is 4.58. The average Bonchev–Trinajstić information content (AvgIpc) is 2.78. The van der Waals surface area contributed by atoms with Crippen molar-refractivity contribution in [2.45, 2.75) is 20.5 Å². The summed E-state index contributed by atoms with van der Waals surface area (Å²) >= 11 is 0. The van der Waals surface area contributed by atoms with E-state index in [1.54, 1.807) is 30.3 Å². The second-order valence-electron chi connectivity index (χ2n) is 6.89. The number of aryl methyl sites for hydroxylation is 1. The molecule has 3 rings (SSSR count). The van der Waals surface area contributed by atoms with Crippen LogP contribution in [0.15, 0.2) is 66.7 Å². The van der Waals surface area contributed by atoms with Gasteiger partial charge in [-0.1, -0.05) is 48.0 Å². The standard InChI is InChI=1S/C25H22N2O4/c1-3-30-25-14-20(11-12-24(25)31-17-19-9-7-18(2)8-10-19)13-22(16-26)21-5-4-6-23(15-21)27(28)29/h4-15H,3,17H2,1-2H3.